The molecule has 3 heterocycles. The van der Waals surface area contributed by atoms with Gasteiger partial charge in [-0.1, -0.05) is 19.1 Å². The Morgan fingerprint density at radius 3 is 2.87 bits per heavy atom. The molecule has 0 saturated carbocycles. The summed E-state index contributed by atoms with van der Waals surface area (Å²) in [6, 6.07) is 7.27. The van der Waals surface area contributed by atoms with Gasteiger partial charge >= 0.3 is 0 Å². The van der Waals surface area contributed by atoms with E-state index < -0.39 is 17.4 Å². The number of ether oxygens (including phenoxy) is 1. The summed E-state index contributed by atoms with van der Waals surface area (Å²) in [5.74, 6) is -0.638. The van der Waals surface area contributed by atoms with Crippen molar-refractivity contribution in [3.05, 3.63) is 40.2 Å². The second-order valence-corrected chi connectivity index (χ2v) is 7.90. The number of aromatic nitrogens is 2. The van der Waals surface area contributed by atoms with Crippen molar-refractivity contribution in [2.45, 2.75) is 51.0 Å². The van der Waals surface area contributed by atoms with Gasteiger partial charge in [-0.25, -0.2) is 0 Å². The van der Waals surface area contributed by atoms with Crippen LogP contribution in [0, 0.1) is 0 Å². The number of methoxy groups -OCH3 is 1. The molecule has 1 aromatic carbocycles. The van der Waals surface area contributed by atoms with Crippen LogP contribution in [0.2, 0.25) is 0 Å². The van der Waals surface area contributed by atoms with Gasteiger partial charge in [0.05, 0.1) is 24.3 Å². The molecular formula is C22H27N5O4. The lowest BCUT2D eigenvalue weighted by atomic mass is 9.92. The van der Waals surface area contributed by atoms with Gasteiger partial charge in [0.25, 0.3) is 5.56 Å². The van der Waals surface area contributed by atoms with E-state index >= 15 is 0 Å². The summed E-state index contributed by atoms with van der Waals surface area (Å²) in [5.41, 5.74) is 0.254. The third-order valence-electron chi connectivity index (χ3n) is 5.99. The quantitative estimate of drug-likeness (QED) is 0.678. The van der Waals surface area contributed by atoms with Gasteiger partial charge in [0, 0.05) is 19.0 Å². The molecule has 4 rings (SSSR count). The van der Waals surface area contributed by atoms with Crippen LogP contribution in [0.3, 0.4) is 0 Å². The van der Waals surface area contributed by atoms with Gasteiger partial charge in [-0.15, -0.1) is 0 Å². The molecule has 2 amide bonds. The molecule has 2 aliphatic rings. The highest BCUT2D eigenvalue weighted by Crippen LogP contribution is 2.33. The summed E-state index contributed by atoms with van der Waals surface area (Å²) < 4.78 is 5.27. The van der Waals surface area contributed by atoms with E-state index in [1.54, 1.807) is 24.3 Å². The zero-order valence-electron chi connectivity index (χ0n) is 17.7. The number of benzene rings is 1. The Morgan fingerprint density at radius 2 is 2.10 bits per heavy atom. The zero-order valence-corrected chi connectivity index (χ0v) is 17.7. The predicted molar refractivity (Wildman–Crippen MR) is 118 cm³/mol. The maximum atomic E-state index is 13.0. The maximum Gasteiger partial charge on any atom is 0.258 e. The lowest BCUT2D eigenvalue weighted by molar-refractivity contribution is -0.123. The third kappa shape index (κ3) is 4.12. The van der Waals surface area contributed by atoms with E-state index in [0.717, 1.165) is 32.2 Å². The number of nitrogens with zero attached hydrogens (tertiary/aromatic N) is 2. The van der Waals surface area contributed by atoms with Gasteiger partial charge in [0.2, 0.25) is 17.8 Å². The third-order valence-corrected chi connectivity index (χ3v) is 5.99. The molecule has 0 unspecified atom stereocenters. The minimum atomic E-state index is -0.942. The van der Waals surface area contributed by atoms with Crippen LogP contribution in [-0.4, -0.2) is 41.5 Å². The first-order valence-corrected chi connectivity index (χ1v) is 10.7. The van der Waals surface area contributed by atoms with E-state index in [1.807, 2.05) is 0 Å². The summed E-state index contributed by atoms with van der Waals surface area (Å²) in [6.07, 6.45) is 4.02. The number of anilines is 3. The molecule has 3 N–H and O–H groups in total. The highest BCUT2D eigenvalue weighted by molar-refractivity contribution is 6.04. The van der Waals surface area contributed by atoms with Crippen molar-refractivity contribution in [1.82, 2.24) is 9.97 Å². The number of carbonyl (C=O) groups excluding carboxylic acids is 2. The van der Waals surface area contributed by atoms with Crippen molar-refractivity contribution < 1.29 is 14.3 Å². The Bertz CT molecular complexity index is 1050. The fourth-order valence-electron chi connectivity index (χ4n) is 4.39. The molecule has 0 bridgehead atoms. The van der Waals surface area contributed by atoms with Crippen LogP contribution in [0.1, 0.15) is 50.5 Å². The van der Waals surface area contributed by atoms with Crippen molar-refractivity contribution >= 4 is 29.3 Å². The molecule has 0 aliphatic carbocycles. The van der Waals surface area contributed by atoms with Crippen LogP contribution in [0.15, 0.2) is 29.1 Å². The minimum Gasteiger partial charge on any atom is -0.495 e. The molecule has 1 aromatic heterocycles. The molecule has 0 radical (unpaired) electrons. The largest absolute Gasteiger partial charge is 0.495 e. The van der Waals surface area contributed by atoms with Crippen molar-refractivity contribution in [1.29, 1.82) is 0 Å². The summed E-state index contributed by atoms with van der Waals surface area (Å²) >= 11 is 0. The Labute approximate surface area is 180 Å². The molecule has 2 aliphatic heterocycles. The summed E-state index contributed by atoms with van der Waals surface area (Å²) in [7, 11) is 1.51. The topological polar surface area (TPSA) is 116 Å². The van der Waals surface area contributed by atoms with Gasteiger partial charge in [0.15, 0.2) is 0 Å². The Balaban J connectivity index is 1.67. The highest BCUT2D eigenvalue weighted by Gasteiger charge is 2.36. The number of hydrogen-bond acceptors (Lipinski definition) is 6. The summed E-state index contributed by atoms with van der Waals surface area (Å²) in [4.78, 5) is 47.9. The Morgan fingerprint density at radius 1 is 1.29 bits per heavy atom. The molecule has 164 valence electrons. The van der Waals surface area contributed by atoms with Crippen LogP contribution in [0.4, 0.5) is 17.5 Å². The first-order chi connectivity index (χ1) is 15.0. The average Bonchev–Trinajstić information content (AvgIpc) is 2.78. The molecule has 31 heavy (non-hydrogen) atoms. The van der Waals surface area contributed by atoms with Crippen molar-refractivity contribution in [2.75, 3.05) is 29.2 Å². The van der Waals surface area contributed by atoms with Crippen LogP contribution in [0.25, 0.3) is 0 Å². The maximum absolute atomic E-state index is 13.0. The van der Waals surface area contributed by atoms with E-state index in [4.69, 9.17) is 4.74 Å². The van der Waals surface area contributed by atoms with Crippen LogP contribution in [-0.2, 0) is 9.59 Å². The number of nitrogens with one attached hydrogen (secondary N) is 3. The van der Waals surface area contributed by atoms with Gasteiger partial charge < -0.3 is 20.3 Å². The number of hydrogen-bond donors (Lipinski definition) is 3. The normalized spacial score (nSPS) is 20.6. The summed E-state index contributed by atoms with van der Waals surface area (Å²) in [5, 5.41) is 5.46. The van der Waals surface area contributed by atoms with Gasteiger partial charge in [0.1, 0.15) is 11.6 Å². The van der Waals surface area contributed by atoms with Gasteiger partial charge in [-0.2, -0.15) is 4.98 Å². The number of para-hydroxylation sites is 2. The Kier molecular flexibility index (Phi) is 5.92. The standard InChI is InChI=1S/C22H27N5O4/c1-3-13-8-6-7-11-27(13)22-25-19-18(21(30)26-22)14(12-17(28)24-19)20(29)23-15-9-4-5-10-16(15)31-2/h4-5,9-10,13-14H,3,6-8,11-12H2,1-2H3,(H,23,29)(H2,24,25,26,28,30)/t13-,14-/m1/s1. The zero-order chi connectivity index (χ0) is 22.0. The van der Waals surface area contributed by atoms with Crippen molar-refractivity contribution in [2.24, 2.45) is 0 Å². The van der Waals surface area contributed by atoms with Crippen molar-refractivity contribution in [3.63, 3.8) is 0 Å². The number of fused-ring (bicyclic) bond motifs is 1. The van der Waals surface area contributed by atoms with Gasteiger partial charge in [-0.05, 0) is 37.8 Å². The van der Waals surface area contributed by atoms with Crippen LogP contribution >= 0.6 is 0 Å². The fourth-order valence-corrected chi connectivity index (χ4v) is 4.39. The van der Waals surface area contributed by atoms with Crippen molar-refractivity contribution in [3.8, 4) is 5.75 Å². The Hall–Kier alpha value is -3.36. The fraction of sp³-hybridized carbons (Fsp3) is 0.455. The number of aromatic amines is 1. The number of amides is 2. The lowest BCUT2D eigenvalue weighted by Gasteiger charge is -2.36. The lowest BCUT2D eigenvalue weighted by Crippen LogP contribution is -2.43. The first kappa shape index (κ1) is 20.9. The summed E-state index contributed by atoms with van der Waals surface area (Å²) in [6.45, 7) is 2.91. The minimum absolute atomic E-state index is 0.126. The monoisotopic (exact) mass is 425 g/mol. The van der Waals surface area contributed by atoms with E-state index in [1.165, 1.54) is 7.11 Å². The number of rotatable bonds is 5. The van der Waals surface area contributed by atoms with Crippen LogP contribution < -0.4 is 25.8 Å². The second-order valence-electron chi connectivity index (χ2n) is 7.90. The average molecular weight is 425 g/mol. The molecule has 2 aromatic rings. The van der Waals surface area contributed by atoms with E-state index in [2.05, 4.69) is 32.4 Å². The molecule has 9 heteroatoms. The molecule has 0 spiro atoms. The van der Waals surface area contributed by atoms with E-state index in [-0.39, 0.29) is 23.7 Å². The molecular weight excluding hydrogens is 398 g/mol. The van der Waals surface area contributed by atoms with E-state index in [9.17, 15) is 14.4 Å². The first-order valence-electron chi connectivity index (χ1n) is 10.7. The van der Waals surface area contributed by atoms with E-state index in [0.29, 0.717) is 23.4 Å². The number of piperidine rings is 1. The van der Waals surface area contributed by atoms with Crippen LogP contribution in [0.5, 0.6) is 5.75 Å². The predicted octanol–water partition coefficient (Wildman–Crippen LogP) is 2.61. The molecule has 1 saturated heterocycles. The smallest absolute Gasteiger partial charge is 0.258 e. The number of H-pyrrole nitrogens is 1. The van der Waals surface area contributed by atoms with Gasteiger partial charge in [-0.3, -0.25) is 19.4 Å². The highest BCUT2D eigenvalue weighted by atomic mass is 16.5. The molecule has 1 fully saturated rings. The molecule has 9 nitrogen and oxygen atoms in total. The SMILES string of the molecule is CC[C@@H]1CCCCN1c1nc2c(c(=O)[nH]1)[C@H](C(=O)Nc1ccccc1OC)CC(=O)N2. The second kappa shape index (κ2) is 8.79. The number of carbonyl (C=O) groups is 2. The molecule has 2 atom stereocenters.